The number of nitrogens with one attached hydrogen (secondary N) is 1. The van der Waals surface area contributed by atoms with E-state index in [0.29, 0.717) is 6.54 Å². The zero-order chi connectivity index (χ0) is 17.1. The molecule has 0 spiro atoms. The van der Waals surface area contributed by atoms with Crippen LogP contribution in [0.2, 0.25) is 0 Å². The maximum absolute atomic E-state index is 12.5. The second-order valence-corrected chi connectivity index (χ2v) is 9.26. The van der Waals surface area contributed by atoms with Crippen LogP contribution >= 0.6 is 11.3 Å². The lowest BCUT2D eigenvalue weighted by Crippen LogP contribution is -2.39. The molecule has 0 fully saturated rings. The second-order valence-electron chi connectivity index (χ2n) is 5.95. The highest BCUT2D eigenvalue weighted by Gasteiger charge is 2.35. The fourth-order valence-electron chi connectivity index (χ4n) is 2.25. The van der Waals surface area contributed by atoms with Crippen LogP contribution in [0.1, 0.15) is 37.6 Å². The Morgan fingerprint density at radius 3 is 2.35 bits per heavy atom. The predicted molar refractivity (Wildman–Crippen MR) is 95.9 cm³/mol. The first-order chi connectivity index (χ1) is 10.8. The molecule has 0 aliphatic heterocycles. The van der Waals surface area contributed by atoms with E-state index >= 15 is 0 Å². The molecule has 0 bridgehead atoms. The van der Waals surface area contributed by atoms with E-state index in [1.807, 2.05) is 42.6 Å². The van der Waals surface area contributed by atoms with Crippen molar-refractivity contribution in [2.24, 2.45) is 0 Å². The van der Waals surface area contributed by atoms with E-state index in [2.05, 4.69) is 4.72 Å². The summed E-state index contributed by atoms with van der Waals surface area (Å²) in [6.07, 6.45) is 0.763. The number of benzene rings is 1. The van der Waals surface area contributed by atoms with Gasteiger partial charge in [-0.1, -0.05) is 31.2 Å². The van der Waals surface area contributed by atoms with E-state index in [1.54, 1.807) is 13.8 Å². The van der Waals surface area contributed by atoms with Crippen LogP contribution in [0.3, 0.4) is 0 Å². The summed E-state index contributed by atoms with van der Waals surface area (Å²) in [4.78, 5) is 0.913. The third kappa shape index (κ3) is 3.83. The van der Waals surface area contributed by atoms with Gasteiger partial charge in [0.05, 0.1) is 6.61 Å². The van der Waals surface area contributed by atoms with Gasteiger partial charge in [-0.25, -0.2) is 13.1 Å². The molecule has 2 N–H and O–H groups in total. The summed E-state index contributed by atoms with van der Waals surface area (Å²) >= 11 is 1.51. The minimum Gasteiger partial charge on any atom is -0.391 e. The van der Waals surface area contributed by atoms with E-state index < -0.39 is 14.8 Å². The van der Waals surface area contributed by atoms with Crippen molar-refractivity contribution in [2.75, 3.05) is 6.54 Å². The first kappa shape index (κ1) is 18.1. The van der Waals surface area contributed by atoms with Gasteiger partial charge in [0.2, 0.25) is 10.0 Å². The lowest BCUT2D eigenvalue weighted by molar-refractivity contribution is 0.285. The molecule has 4 nitrogen and oxygen atoms in total. The number of hydrogen-bond donors (Lipinski definition) is 2. The van der Waals surface area contributed by atoms with Gasteiger partial charge >= 0.3 is 0 Å². The van der Waals surface area contributed by atoms with Gasteiger partial charge in [-0.2, -0.15) is 0 Å². The molecule has 2 aromatic rings. The lowest BCUT2D eigenvalue weighted by Gasteiger charge is -2.25. The standard InChI is InChI=1S/C17H23NO3S2/c1-4-9-18-23(20,21)17(2,3)15-7-5-13(6-8-15)14-10-16(11-19)22-12-14/h5-8,10,12,18-19H,4,9,11H2,1-3H3. The number of thiophene rings is 1. The highest BCUT2D eigenvalue weighted by Crippen LogP contribution is 2.32. The zero-order valence-corrected chi connectivity index (χ0v) is 15.3. The Balaban J connectivity index is 2.27. The number of sulfonamides is 1. The van der Waals surface area contributed by atoms with Crippen molar-refractivity contribution in [3.8, 4) is 11.1 Å². The number of rotatable bonds is 7. The summed E-state index contributed by atoms with van der Waals surface area (Å²) in [5.41, 5.74) is 2.80. The van der Waals surface area contributed by atoms with Crippen LogP contribution in [-0.4, -0.2) is 20.1 Å². The topological polar surface area (TPSA) is 66.4 Å². The van der Waals surface area contributed by atoms with Gasteiger partial charge in [0, 0.05) is 11.4 Å². The fraction of sp³-hybridized carbons (Fsp3) is 0.412. The number of aliphatic hydroxyl groups excluding tert-OH is 1. The van der Waals surface area contributed by atoms with E-state index in [4.69, 9.17) is 5.11 Å². The van der Waals surface area contributed by atoms with Crippen molar-refractivity contribution in [3.63, 3.8) is 0 Å². The Bertz CT molecular complexity index is 746. The molecular formula is C17H23NO3S2. The van der Waals surface area contributed by atoms with Gasteiger partial charge in [0.25, 0.3) is 0 Å². The highest BCUT2D eigenvalue weighted by atomic mass is 32.2. The molecule has 6 heteroatoms. The molecule has 1 heterocycles. The zero-order valence-electron chi connectivity index (χ0n) is 13.7. The minimum atomic E-state index is -3.43. The molecule has 1 aromatic carbocycles. The van der Waals surface area contributed by atoms with Crippen molar-refractivity contribution >= 4 is 21.4 Å². The van der Waals surface area contributed by atoms with Gasteiger partial charge in [0.15, 0.2) is 0 Å². The van der Waals surface area contributed by atoms with E-state index in [0.717, 1.165) is 28.0 Å². The summed E-state index contributed by atoms with van der Waals surface area (Å²) in [6, 6.07) is 9.52. The summed E-state index contributed by atoms with van der Waals surface area (Å²) in [7, 11) is -3.43. The summed E-state index contributed by atoms with van der Waals surface area (Å²) < 4.78 is 26.6. The minimum absolute atomic E-state index is 0.0388. The van der Waals surface area contributed by atoms with Crippen molar-refractivity contribution in [1.82, 2.24) is 4.72 Å². The molecule has 0 aliphatic rings. The van der Waals surface area contributed by atoms with Crippen LogP contribution in [0.15, 0.2) is 35.7 Å². The molecule has 0 radical (unpaired) electrons. The molecule has 0 unspecified atom stereocenters. The molecule has 0 aliphatic carbocycles. The normalized spacial score (nSPS) is 12.5. The Morgan fingerprint density at radius 1 is 1.17 bits per heavy atom. The second kappa shape index (κ2) is 7.13. The quantitative estimate of drug-likeness (QED) is 0.801. The summed E-state index contributed by atoms with van der Waals surface area (Å²) in [5.74, 6) is 0. The first-order valence-electron chi connectivity index (χ1n) is 7.60. The molecule has 0 amide bonds. The van der Waals surface area contributed by atoms with Crippen molar-refractivity contribution in [2.45, 2.75) is 38.5 Å². The molecular weight excluding hydrogens is 330 g/mol. The van der Waals surface area contributed by atoms with Crippen LogP contribution in [0.25, 0.3) is 11.1 Å². The van der Waals surface area contributed by atoms with Crippen LogP contribution in [0.4, 0.5) is 0 Å². The van der Waals surface area contributed by atoms with Crippen LogP contribution in [0, 0.1) is 0 Å². The molecule has 2 rings (SSSR count). The van der Waals surface area contributed by atoms with Gasteiger partial charge in [-0.05, 0) is 48.4 Å². The van der Waals surface area contributed by atoms with Gasteiger partial charge in [0.1, 0.15) is 4.75 Å². The van der Waals surface area contributed by atoms with Gasteiger partial charge < -0.3 is 5.11 Å². The van der Waals surface area contributed by atoms with Crippen molar-refractivity contribution < 1.29 is 13.5 Å². The largest absolute Gasteiger partial charge is 0.391 e. The molecule has 0 atom stereocenters. The van der Waals surface area contributed by atoms with Gasteiger partial charge in [-0.3, -0.25) is 0 Å². The summed E-state index contributed by atoms with van der Waals surface area (Å²) in [5, 5.41) is 11.1. The smallest absolute Gasteiger partial charge is 0.221 e. The Kier molecular flexibility index (Phi) is 5.62. The van der Waals surface area contributed by atoms with E-state index in [1.165, 1.54) is 11.3 Å². The van der Waals surface area contributed by atoms with Crippen LogP contribution in [0.5, 0.6) is 0 Å². The Labute approximate surface area is 142 Å². The SMILES string of the molecule is CCCNS(=O)(=O)C(C)(C)c1ccc(-c2csc(CO)c2)cc1. The Hall–Kier alpha value is -1.21. The molecule has 0 saturated heterocycles. The molecule has 126 valence electrons. The monoisotopic (exact) mass is 353 g/mol. The average Bonchev–Trinajstić information content (AvgIpc) is 3.02. The Morgan fingerprint density at radius 2 is 1.83 bits per heavy atom. The van der Waals surface area contributed by atoms with Gasteiger partial charge in [-0.15, -0.1) is 11.3 Å². The van der Waals surface area contributed by atoms with Crippen molar-refractivity contribution in [1.29, 1.82) is 0 Å². The van der Waals surface area contributed by atoms with Crippen molar-refractivity contribution in [3.05, 3.63) is 46.2 Å². The first-order valence-corrected chi connectivity index (χ1v) is 9.96. The highest BCUT2D eigenvalue weighted by molar-refractivity contribution is 7.90. The number of aliphatic hydroxyl groups is 1. The van der Waals surface area contributed by atoms with E-state index in [-0.39, 0.29) is 6.61 Å². The fourth-order valence-corrected chi connectivity index (χ4v) is 4.28. The van der Waals surface area contributed by atoms with Crippen LogP contribution in [-0.2, 0) is 21.4 Å². The summed E-state index contributed by atoms with van der Waals surface area (Å²) in [6.45, 7) is 5.86. The lowest BCUT2D eigenvalue weighted by atomic mass is 9.99. The number of hydrogen-bond acceptors (Lipinski definition) is 4. The predicted octanol–water partition coefficient (Wildman–Crippen LogP) is 3.47. The average molecular weight is 354 g/mol. The third-order valence-corrected chi connectivity index (χ3v) is 7.02. The molecule has 23 heavy (non-hydrogen) atoms. The van der Waals surface area contributed by atoms with E-state index in [9.17, 15) is 8.42 Å². The molecule has 0 saturated carbocycles. The maximum Gasteiger partial charge on any atom is 0.221 e. The van der Waals surface area contributed by atoms with Crippen LogP contribution < -0.4 is 4.72 Å². The molecule has 1 aromatic heterocycles. The third-order valence-electron chi connectivity index (χ3n) is 3.94. The maximum atomic E-state index is 12.5.